The van der Waals surface area contributed by atoms with Crippen molar-refractivity contribution >= 4 is 17.6 Å². The molecular formula is C13H16N2O4. The standard InChI is InChI=1S/C13H16N2O4/c16-6-4-11(13(18)19)15-12(17)9-1-2-10-8(7-9)3-5-14-10/h1-2,7,11,14,16H,3-6H2,(H,15,17)(H,18,19)/t11-/m0/s1. The maximum Gasteiger partial charge on any atom is 0.326 e. The number of carbonyl (C=O) groups excluding carboxylic acids is 1. The van der Waals surface area contributed by atoms with Gasteiger partial charge in [0, 0.05) is 30.8 Å². The lowest BCUT2D eigenvalue weighted by Gasteiger charge is -2.13. The van der Waals surface area contributed by atoms with Crippen LogP contribution in [0.2, 0.25) is 0 Å². The minimum atomic E-state index is -1.15. The summed E-state index contributed by atoms with van der Waals surface area (Å²) in [6.07, 6.45) is 0.850. The van der Waals surface area contributed by atoms with Crippen LogP contribution in [0.15, 0.2) is 18.2 Å². The maximum atomic E-state index is 12.0. The lowest BCUT2D eigenvalue weighted by atomic mass is 10.1. The maximum absolute atomic E-state index is 12.0. The molecule has 6 heteroatoms. The van der Waals surface area contributed by atoms with Gasteiger partial charge in [-0.1, -0.05) is 0 Å². The van der Waals surface area contributed by atoms with E-state index in [4.69, 9.17) is 10.2 Å². The number of fused-ring (bicyclic) bond motifs is 1. The highest BCUT2D eigenvalue weighted by molar-refractivity contribution is 5.97. The van der Waals surface area contributed by atoms with Crippen molar-refractivity contribution in [3.05, 3.63) is 29.3 Å². The fourth-order valence-electron chi connectivity index (χ4n) is 2.07. The molecule has 1 aromatic rings. The van der Waals surface area contributed by atoms with Gasteiger partial charge < -0.3 is 20.8 Å². The summed E-state index contributed by atoms with van der Waals surface area (Å²) in [6.45, 7) is 0.564. The molecule has 1 aliphatic heterocycles. The number of carbonyl (C=O) groups is 2. The Morgan fingerprint density at radius 3 is 2.89 bits per heavy atom. The number of rotatable bonds is 5. The smallest absolute Gasteiger partial charge is 0.326 e. The van der Waals surface area contributed by atoms with Gasteiger partial charge in [-0.2, -0.15) is 0 Å². The third-order valence-electron chi connectivity index (χ3n) is 3.10. The molecule has 0 spiro atoms. The summed E-state index contributed by atoms with van der Waals surface area (Å²) in [5.74, 6) is -1.58. The van der Waals surface area contributed by atoms with Crippen LogP contribution in [0.1, 0.15) is 22.3 Å². The number of hydrogen-bond acceptors (Lipinski definition) is 4. The largest absolute Gasteiger partial charge is 0.480 e. The Kier molecular flexibility index (Phi) is 4.01. The highest BCUT2D eigenvalue weighted by Gasteiger charge is 2.21. The molecule has 0 unspecified atom stereocenters. The number of nitrogens with one attached hydrogen (secondary N) is 2. The Hall–Kier alpha value is -2.08. The molecule has 102 valence electrons. The van der Waals surface area contributed by atoms with Crippen molar-refractivity contribution in [2.45, 2.75) is 18.9 Å². The van der Waals surface area contributed by atoms with Gasteiger partial charge in [-0.25, -0.2) is 4.79 Å². The number of benzene rings is 1. The lowest BCUT2D eigenvalue weighted by molar-refractivity contribution is -0.139. The Labute approximate surface area is 110 Å². The van der Waals surface area contributed by atoms with Crippen LogP contribution in [-0.2, 0) is 11.2 Å². The SMILES string of the molecule is O=C(N[C@@H](CCO)C(=O)O)c1ccc2c(c1)CCN2. The van der Waals surface area contributed by atoms with Crippen molar-refractivity contribution in [1.82, 2.24) is 5.32 Å². The second-order valence-corrected chi connectivity index (χ2v) is 4.43. The Bertz CT molecular complexity index is 501. The normalized spacial score (nSPS) is 14.4. The van der Waals surface area contributed by atoms with Crippen LogP contribution in [0.4, 0.5) is 5.69 Å². The summed E-state index contributed by atoms with van der Waals surface area (Å²) < 4.78 is 0. The van der Waals surface area contributed by atoms with Crippen molar-refractivity contribution in [2.24, 2.45) is 0 Å². The van der Waals surface area contributed by atoms with E-state index in [0.29, 0.717) is 5.56 Å². The van der Waals surface area contributed by atoms with Gasteiger partial charge in [-0.05, 0) is 30.2 Å². The molecule has 1 heterocycles. The highest BCUT2D eigenvalue weighted by Crippen LogP contribution is 2.22. The molecule has 1 amide bonds. The van der Waals surface area contributed by atoms with Crippen molar-refractivity contribution in [3.8, 4) is 0 Å². The van der Waals surface area contributed by atoms with Crippen molar-refractivity contribution in [1.29, 1.82) is 0 Å². The van der Waals surface area contributed by atoms with E-state index in [1.807, 2.05) is 6.07 Å². The molecule has 19 heavy (non-hydrogen) atoms. The van der Waals surface area contributed by atoms with Crippen molar-refractivity contribution in [2.75, 3.05) is 18.5 Å². The molecule has 2 rings (SSSR count). The van der Waals surface area contributed by atoms with Crippen LogP contribution in [0.5, 0.6) is 0 Å². The zero-order chi connectivity index (χ0) is 13.8. The Morgan fingerprint density at radius 2 is 2.21 bits per heavy atom. The van der Waals surface area contributed by atoms with E-state index >= 15 is 0 Å². The van der Waals surface area contributed by atoms with Crippen LogP contribution >= 0.6 is 0 Å². The van der Waals surface area contributed by atoms with Crippen molar-refractivity contribution < 1.29 is 19.8 Å². The van der Waals surface area contributed by atoms with Crippen LogP contribution in [0, 0.1) is 0 Å². The number of anilines is 1. The summed E-state index contributed by atoms with van der Waals surface area (Å²) >= 11 is 0. The number of carboxylic acids is 1. The topological polar surface area (TPSA) is 98.7 Å². The molecule has 0 aromatic heterocycles. The highest BCUT2D eigenvalue weighted by atomic mass is 16.4. The monoisotopic (exact) mass is 264 g/mol. The first-order valence-corrected chi connectivity index (χ1v) is 6.13. The van der Waals surface area contributed by atoms with Crippen LogP contribution < -0.4 is 10.6 Å². The fraction of sp³-hybridized carbons (Fsp3) is 0.385. The van der Waals surface area contributed by atoms with Crippen LogP contribution in [0.25, 0.3) is 0 Å². The molecule has 0 saturated heterocycles. The predicted octanol–water partition coefficient (Wildman–Crippen LogP) is 0.220. The van der Waals surface area contributed by atoms with Crippen LogP contribution in [0.3, 0.4) is 0 Å². The molecule has 0 fully saturated rings. The number of hydrogen-bond donors (Lipinski definition) is 4. The van der Waals surface area contributed by atoms with Gasteiger partial charge in [-0.3, -0.25) is 4.79 Å². The third-order valence-corrected chi connectivity index (χ3v) is 3.10. The molecule has 0 aliphatic carbocycles. The number of aliphatic hydroxyl groups is 1. The first-order valence-electron chi connectivity index (χ1n) is 6.13. The summed E-state index contributed by atoms with van der Waals surface area (Å²) in [5, 5.41) is 23.3. The van der Waals surface area contributed by atoms with Crippen LogP contribution in [-0.4, -0.2) is 41.3 Å². The molecule has 0 saturated carbocycles. The first kappa shape index (κ1) is 13.4. The Balaban J connectivity index is 2.09. The quantitative estimate of drug-likeness (QED) is 0.610. The predicted molar refractivity (Wildman–Crippen MR) is 69.2 cm³/mol. The number of aliphatic carboxylic acids is 1. The zero-order valence-corrected chi connectivity index (χ0v) is 10.3. The molecule has 0 radical (unpaired) electrons. The molecule has 6 nitrogen and oxygen atoms in total. The Morgan fingerprint density at radius 1 is 1.42 bits per heavy atom. The number of amides is 1. The second-order valence-electron chi connectivity index (χ2n) is 4.43. The van der Waals surface area contributed by atoms with E-state index < -0.39 is 17.9 Å². The third kappa shape index (κ3) is 3.03. The molecular weight excluding hydrogens is 248 g/mol. The first-order chi connectivity index (χ1) is 9.11. The van der Waals surface area contributed by atoms with Gasteiger partial charge in [0.15, 0.2) is 0 Å². The van der Waals surface area contributed by atoms with Gasteiger partial charge >= 0.3 is 5.97 Å². The molecule has 0 bridgehead atoms. The van der Waals surface area contributed by atoms with Gasteiger partial charge in [0.25, 0.3) is 5.91 Å². The fourth-order valence-corrected chi connectivity index (χ4v) is 2.07. The summed E-state index contributed by atoms with van der Waals surface area (Å²) in [5.41, 5.74) is 2.51. The molecule has 1 aromatic carbocycles. The van der Waals surface area contributed by atoms with E-state index in [-0.39, 0.29) is 13.0 Å². The zero-order valence-electron chi connectivity index (χ0n) is 10.3. The van der Waals surface area contributed by atoms with E-state index in [2.05, 4.69) is 10.6 Å². The summed E-state index contributed by atoms with van der Waals surface area (Å²) in [4.78, 5) is 22.9. The molecule has 4 N–H and O–H groups in total. The summed E-state index contributed by atoms with van der Waals surface area (Å²) in [7, 11) is 0. The van der Waals surface area contributed by atoms with Gasteiger partial charge in [0.1, 0.15) is 6.04 Å². The van der Waals surface area contributed by atoms with Gasteiger partial charge in [-0.15, -0.1) is 0 Å². The molecule has 1 atom stereocenters. The average molecular weight is 264 g/mol. The summed E-state index contributed by atoms with van der Waals surface area (Å²) in [6, 6.07) is 4.18. The average Bonchev–Trinajstić information content (AvgIpc) is 2.85. The van der Waals surface area contributed by atoms with Crippen molar-refractivity contribution in [3.63, 3.8) is 0 Å². The number of carboxylic acid groups (broad SMARTS) is 1. The minimum Gasteiger partial charge on any atom is -0.480 e. The van der Waals surface area contributed by atoms with E-state index in [1.165, 1.54) is 0 Å². The molecule has 1 aliphatic rings. The van der Waals surface area contributed by atoms with E-state index in [0.717, 1.165) is 24.2 Å². The minimum absolute atomic E-state index is 0.00638. The van der Waals surface area contributed by atoms with Gasteiger partial charge in [0.2, 0.25) is 0 Å². The van der Waals surface area contributed by atoms with Gasteiger partial charge in [0.05, 0.1) is 0 Å². The van der Waals surface area contributed by atoms with E-state index in [9.17, 15) is 9.59 Å². The lowest BCUT2D eigenvalue weighted by Crippen LogP contribution is -2.41. The number of aliphatic hydroxyl groups excluding tert-OH is 1. The van der Waals surface area contributed by atoms with E-state index in [1.54, 1.807) is 12.1 Å². The second kappa shape index (κ2) is 5.71.